The molecule has 0 saturated heterocycles. The van der Waals surface area contributed by atoms with Gasteiger partial charge in [-0.3, -0.25) is 9.59 Å². The van der Waals surface area contributed by atoms with Gasteiger partial charge in [0.1, 0.15) is 5.75 Å². The number of anilines is 2. The van der Waals surface area contributed by atoms with Crippen LogP contribution in [0, 0.1) is 6.92 Å². The molecule has 0 bridgehead atoms. The molecule has 2 amide bonds. The lowest BCUT2D eigenvalue weighted by molar-refractivity contribution is -0.120. The number of amides is 2. The zero-order chi connectivity index (χ0) is 18.0. The fourth-order valence-corrected chi connectivity index (χ4v) is 3.81. The number of benzene rings is 2. The van der Waals surface area contributed by atoms with Gasteiger partial charge in [-0.05, 0) is 42.8 Å². The lowest BCUT2D eigenvalue weighted by Gasteiger charge is -2.24. The highest BCUT2D eigenvalue weighted by atomic mass is 35.5. The highest BCUT2D eigenvalue weighted by molar-refractivity contribution is 8.01. The zero-order valence-electron chi connectivity index (χ0n) is 13.8. The number of thioether (sulfide) groups is 1. The molecule has 0 radical (unpaired) electrons. The smallest absolute Gasteiger partial charge is 0.238 e. The molecule has 2 aromatic carbocycles. The third-order valence-electron chi connectivity index (χ3n) is 3.76. The molecule has 0 aliphatic carbocycles. The Morgan fingerprint density at radius 1 is 1.32 bits per heavy atom. The van der Waals surface area contributed by atoms with E-state index < -0.39 is 5.25 Å². The molecule has 1 heterocycles. The van der Waals surface area contributed by atoms with Crippen LogP contribution in [0.2, 0.25) is 5.02 Å². The summed E-state index contributed by atoms with van der Waals surface area (Å²) in [6, 6.07) is 10.8. The van der Waals surface area contributed by atoms with E-state index in [4.69, 9.17) is 16.3 Å². The Morgan fingerprint density at radius 2 is 2.12 bits per heavy atom. The molecular formula is C18H17ClN2O3S. The van der Waals surface area contributed by atoms with E-state index in [1.165, 1.54) is 11.8 Å². The van der Waals surface area contributed by atoms with E-state index in [1.807, 2.05) is 25.1 Å². The van der Waals surface area contributed by atoms with Crippen LogP contribution in [-0.4, -0.2) is 24.2 Å². The summed E-state index contributed by atoms with van der Waals surface area (Å²) in [5.74, 6) is 0.139. The Labute approximate surface area is 155 Å². The normalized spacial score (nSPS) is 16.0. The number of hydrogen-bond donors (Lipinski definition) is 2. The van der Waals surface area contributed by atoms with Crippen molar-refractivity contribution in [2.45, 2.75) is 23.5 Å². The second-order valence-electron chi connectivity index (χ2n) is 5.69. The van der Waals surface area contributed by atoms with Crippen LogP contribution >= 0.6 is 23.4 Å². The van der Waals surface area contributed by atoms with Crippen molar-refractivity contribution in [1.82, 2.24) is 0 Å². The van der Waals surface area contributed by atoms with Crippen LogP contribution in [0.15, 0.2) is 41.3 Å². The summed E-state index contributed by atoms with van der Waals surface area (Å²) < 4.78 is 5.26. The second kappa shape index (κ2) is 7.37. The first-order chi connectivity index (χ1) is 12.0. The van der Waals surface area contributed by atoms with Crippen LogP contribution in [0.25, 0.3) is 0 Å². The SMILES string of the molecule is COc1ccc(C)cc1NC(=O)CC1Sc2ccc(Cl)cc2NC1=O. The number of halogens is 1. The van der Waals surface area contributed by atoms with Crippen LogP contribution in [0.1, 0.15) is 12.0 Å². The van der Waals surface area contributed by atoms with Crippen molar-refractivity contribution < 1.29 is 14.3 Å². The molecule has 2 N–H and O–H groups in total. The van der Waals surface area contributed by atoms with E-state index >= 15 is 0 Å². The summed E-state index contributed by atoms with van der Waals surface area (Å²) in [4.78, 5) is 25.5. The minimum Gasteiger partial charge on any atom is -0.495 e. The van der Waals surface area contributed by atoms with E-state index in [0.29, 0.717) is 22.1 Å². The first-order valence-electron chi connectivity index (χ1n) is 7.68. The largest absolute Gasteiger partial charge is 0.495 e. The van der Waals surface area contributed by atoms with Crippen molar-refractivity contribution in [3.63, 3.8) is 0 Å². The van der Waals surface area contributed by atoms with E-state index in [9.17, 15) is 9.59 Å². The molecule has 3 rings (SSSR count). The van der Waals surface area contributed by atoms with Crippen molar-refractivity contribution in [2.24, 2.45) is 0 Å². The van der Waals surface area contributed by atoms with Gasteiger partial charge in [-0.1, -0.05) is 17.7 Å². The number of carbonyl (C=O) groups excluding carboxylic acids is 2. The van der Waals surface area contributed by atoms with E-state index in [1.54, 1.807) is 25.3 Å². The summed E-state index contributed by atoms with van der Waals surface area (Å²) in [6.45, 7) is 1.93. The second-order valence-corrected chi connectivity index (χ2v) is 7.37. The maximum atomic E-state index is 12.4. The van der Waals surface area contributed by atoms with Gasteiger partial charge in [0.25, 0.3) is 0 Å². The number of nitrogens with one attached hydrogen (secondary N) is 2. The molecule has 5 nitrogen and oxygen atoms in total. The van der Waals surface area contributed by atoms with Crippen molar-refractivity contribution in [3.8, 4) is 5.75 Å². The predicted octanol–water partition coefficient (Wildman–Crippen LogP) is 4.10. The highest BCUT2D eigenvalue weighted by Gasteiger charge is 2.29. The average molecular weight is 377 g/mol. The monoisotopic (exact) mass is 376 g/mol. The van der Waals surface area contributed by atoms with Gasteiger partial charge >= 0.3 is 0 Å². The Hall–Kier alpha value is -2.18. The third-order valence-corrected chi connectivity index (χ3v) is 5.27. The predicted molar refractivity (Wildman–Crippen MR) is 101 cm³/mol. The lowest BCUT2D eigenvalue weighted by Crippen LogP contribution is -2.32. The Kier molecular flexibility index (Phi) is 5.20. The lowest BCUT2D eigenvalue weighted by atomic mass is 10.2. The molecule has 1 unspecified atom stereocenters. The van der Waals surface area contributed by atoms with Crippen LogP contribution in [0.5, 0.6) is 5.75 Å². The molecule has 130 valence electrons. The molecule has 7 heteroatoms. The Bertz CT molecular complexity index is 841. The molecule has 1 atom stereocenters. The Balaban J connectivity index is 1.70. The van der Waals surface area contributed by atoms with E-state index in [0.717, 1.165) is 10.5 Å². The number of rotatable bonds is 4. The summed E-state index contributed by atoms with van der Waals surface area (Å²) in [7, 11) is 1.55. The molecule has 0 fully saturated rings. The topological polar surface area (TPSA) is 67.4 Å². The van der Waals surface area contributed by atoms with Crippen LogP contribution in [-0.2, 0) is 9.59 Å². The maximum Gasteiger partial charge on any atom is 0.238 e. The van der Waals surface area contributed by atoms with Gasteiger partial charge in [0.05, 0.1) is 23.7 Å². The van der Waals surface area contributed by atoms with Crippen molar-refractivity contribution in [1.29, 1.82) is 0 Å². The first-order valence-corrected chi connectivity index (χ1v) is 8.93. The number of aryl methyl sites for hydroxylation is 1. The Morgan fingerprint density at radius 3 is 2.88 bits per heavy atom. The van der Waals surface area contributed by atoms with Crippen molar-refractivity contribution in [2.75, 3.05) is 17.7 Å². The molecule has 2 aromatic rings. The molecule has 25 heavy (non-hydrogen) atoms. The molecule has 0 aromatic heterocycles. The highest BCUT2D eigenvalue weighted by Crippen LogP contribution is 2.38. The minimum atomic E-state index is -0.496. The maximum absolute atomic E-state index is 12.4. The zero-order valence-corrected chi connectivity index (χ0v) is 15.3. The quantitative estimate of drug-likeness (QED) is 0.843. The van der Waals surface area contributed by atoms with Crippen molar-refractivity contribution in [3.05, 3.63) is 47.0 Å². The number of hydrogen-bond acceptors (Lipinski definition) is 4. The molecule has 0 saturated carbocycles. The summed E-state index contributed by atoms with van der Waals surface area (Å²) >= 11 is 7.30. The minimum absolute atomic E-state index is 0.0651. The van der Waals surface area contributed by atoms with Gasteiger partial charge in [-0.2, -0.15) is 0 Å². The van der Waals surface area contributed by atoms with Gasteiger partial charge in [0.15, 0.2) is 0 Å². The number of carbonyl (C=O) groups is 2. The van der Waals surface area contributed by atoms with Crippen LogP contribution < -0.4 is 15.4 Å². The van der Waals surface area contributed by atoms with Gasteiger partial charge in [0.2, 0.25) is 11.8 Å². The van der Waals surface area contributed by atoms with E-state index in [-0.39, 0.29) is 18.2 Å². The summed E-state index contributed by atoms with van der Waals surface area (Å²) in [5.41, 5.74) is 2.28. The molecule has 0 spiro atoms. The number of fused-ring (bicyclic) bond motifs is 1. The van der Waals surface area contributed by atoms with Crippen LogP contribution in [0.3, 0.4) is 0 Å². The molecule has 1 aliphatic heterocycles. The van der Waals surface area contributed by atoms with Gasteiger partial charge in [0, 0.05) is 16.3 Å². The number of methoxy groups -OCH3 is 1. The average Bonchev–Trinajstić information content (AvgIpc) is 2.56. The van der Waals surface area contributed by atoms with Crippen LogP contribution in [0.4, 0.5) is 11.4 Å². The molecular weight excluding hydrogens is 360 g/mol. The fraction of sp³-hybridized carbons (Fsp3) is 0.222. The third kappa shape index (κ3) is 4.08. The van der Waals surface area contributed by atoms with Crippen molar-refractivity contribution >= 4 is 46.6 Å². The van der Waals surface area contributed by atoms with Gasteiger partial charge in [-0.25, -0.2) is 0 Å². The summed E-state index contributed by atoms with van der Waals surface area (Å²) in [6.07, 6.45) is 0.0651. The fourth-order valence-electron chi connectivity index (χ4n) is 2.55. The van der Waals surface area contributed by atoms with Gasteiger partial charge in [-0.15, -0.1) is 11.8 Å². The standard InChI is InChI=1S/C18H17ClN2O3S/c1-10-3-5-14(24-2)12(7-10)20-17(22)9-16-18(23)21-13-8-11(19)4-6-15(13)25-16/h3-8,16H,9H2,1-2H3,(H,20,22)(H,21,23). The summed E-state index contributed by atoms with van der Waals surface area (Å²) in [5, 5.41) is 5.69. The first kappa shape index (κ1) is 17.6. The van der Waals surface area contributed by atoms with E-state index in [2.05, 4.69) is 10.6 Å². The van der Waals surface area contributed by atoms with Gasteiger partial charge < -0.3 is 15.4 Å². The number of ether oxygens (including phenoxy) is 1. The molecule has 1 aliphatic rings.